The van der Waals surface area contributed by atoms with E-state index in [1.54, 1.807) is 67.1 Å². The molecule has 718 valence electrons. The molecule has 5 aromatic rings. The van der Waals surface area contributed by atoms with Crippen molar-refractivity contribution in [3.05, 3.63) is 114 Å². The molecule has 6 heterocycles. The number of aliphatic imine (C=N–C) groups is 1. The van der Waals surface area contributed by atoms with E-state index in [1.807, 2.05) is 13.8 Å². The predicted octanol–water partition coefficient (Wildman–Crippen LogP) is -1.07. The number of aliphatic hydroxyl groups excluding tert-OH is 2. The number of primary amides is 1. The largest absolute Gasteiger partial charge is 0.508 e. The molecule has 41 nitrogen and oxygen atoms in total. The Bertz CT molecular complexity index is 5020. The molecular weight excluding hydrogens is 1730 g/mol. The number of H-pyrrole nitrogens is 2. The number of aliphatic carboxylic acids is 1. The summed E-state index contributed by atoms with van der Waals surface area (Å²) in [5, 5.41) is 70.3. The van der Waals surface area contributed by atoms with E-state index in [0.29, 0.717) is 69.8 Å². The smallest absolute Gasteiger partial charge is 0.303 e. The fourth-order valence-corrected chi connectivity index (χ4v) is 17.2. The summed E-state index contributed by atoms with van der Waals surface area (Å²) in [6.45, 7) is 3.89. The average molecular weight is 1860 g/mol. The molecule has 0 unspecified atom stereocenters. The van der Waals surface area contributed by atoms with Crippen LogP contribution < -0.4 is 64.6 Å². The minimum absolute atomic E-state index is 0. The number of benzene rings is 3. The number of hydrogen-bond acceptors (Lipinski definition) is 23. The Labute approximate surface area is 768 Å². The number of carboxylic acid groups (broad SMARTS) is 1. The van der Waals surface area contributed by atoms with Crippen LogP contribution in [0.2, 0.25) is 0 Å². The van der Waals surface area contributed by atoms with Crippen LogP contribution in [0.15, 0.2) is 102 Å². The number of phenols is 1. The lowest BCUT2D eigenvalue weighted by Gasteiger charge is -2.36. The molecule has 4 aliphatic heterocycles. The number of unbranched alkanes of at least 4 members (excludes halogenated alkanes) is 2. The van der Waals surface area contributed by atoms with Gasteiger partial charge in [0.15, 0.2) is 0 Å². The van der Waals surface area contributed by atoms with Gasteiger partial charge in [0.25, 0.3) is 0 Å². The Balaban J connectivity index is 0.0000215. The number of amides is 16. The second-order valence-electron chi connectivity index (χ2n) is 33.5. The molecule has 0 radical (unpaired) electrons. The normalized spacial score (nSPS) is 25.4. The van der Waals surface area contributed by atoms with Crippen molar-refractivity contribution in [3.8, 4) is 5.75 Å². The topological polar surface area (TPSA) is 604 Å². The van der Waals surface area contributed by atoms with E-state index in [0.717, 1.165) is 36.3 Å². The number of carboxylic acids is 1. The van der Waals surface area contributed by atoms with E-state index < -0.39 is 242 Å². The van der Waals surface area contributed by atoms with Crippen LogP contribution in [-0.4, -0.2) is 318 Å². The zero-order valence-corrected chi connectivity index (χ0v) is 75.4. The molecule has 2 aromatic heterocycles. The molecule has 0 aliphatic carbocycles. The minimum atomic E-state index is -1.88. The number of carbonyl (C=O) groups excluding carboxylic acids is 16. The molecule has 3 fully saturated rings. The number of aliphatic hydroxyl groups is 2. The number of nitrogens with two attached hydrogens (primary N) is 2. The van der Waals surface area contributed by atoms with Crippen LogP contribution in [0.25, 0.3) is 21.8 Å². The number of para-hydroxylation sites is 2. The third kappa shape index (κ3) is 28.4. The van der Waals surface area contributed by atoms with Gasteiger partial charge in [0.05, 0.1) is 25.0 Å². The van der Waals surface area contributed by atoms with Crippen molar-refractivity contribution in [2.45, 2.75) is 241 Å². The van der Waals surface area contributed by atoms with Gasteiger partial charge in [-0.05, 0) is 118 Å². The molecule has 15 atom stereocenters. The first-order valence-electron chi connectivity index (χ1n) is 44.1. The lowest BCUT2D eigenvalue weighted by Crippen LogP contribution is -2.61. The molecule has 0 spiro atoms. The number of fused-ring (bicyclic) bond motifs is 4. The van der Waals surface area contributed by atoms with E-state index in [2.05, 4.69) is 68.1 Å². The van der Waals surface area contributed by atoms with Gasteiger partial charge >= 0.3 is 5.97 Å². The van der Waals surface area contributed by atoms with E-state index >= 15 is 33.6 Å². The highest BCUT2D eigenvalue weighted by molar-refractivity contribution is 8.00. The van der Waals surface area contributed by atoms with Crippen LogP contribution in [0.4, 0.5) is 0 Å². The quantitative estimate of drug-likeness (QED) is 0.0350. The maximum Gasteiger partial charge on any atom is 0.303 e. The van der Waals surface area contributed by atoms with Crippen molar-refractivity contribution >= 4 is 140 Å². The molecule has 0 bridgehead atoms. The van der Waals surface area contributed by atoms with Crippen molar-refractivity contribution in [1.82, 2.24) is 87.6 Å². The summed E-state index contributed by atoms with van der Waals surface area (Å²) in [4.78, 5) is 264. The number of aromatic hydroxyl groups is 1. The standard InChI is InChI=1S/C89H122N20O21S.CH4/c1-8-10-23-69-82(123)96-49(3)76(117)104-68(78(119)95-44-73(91)113)47-131-48-74(114)97-65(36-51-26-28-55(111)29-27-51)85(126)105(5)50(4)77(118)98-62(30-31-75(115)116)87(128)108-35-17-25-70(108)83(124)100-63(37-52-32-34-92-41-52)79(120)99-61(22-16-33-90)88(129)109-45-56(112)40-72(109)84(125)101-64(38-53-42-93-59-20-14-12-18-57(53)59)80(121)103-67(46-110)81(122)102-66(39-54-43-94-60-21-15-13-19-58(54)60)86(127)107(7)71(24-11-9-2)89(130)106(69)6;/h12-15,18-21,26-29,34,41-43,49-50,56,61-72,93-94,110-112H,8-11,16-17,22-25,30-33,35-40,44-48,90H2,1-7H3,(H2,91,113)(H,95,119)(H,96,123)(H,97,114)(H,98,118)(H,99,120)(H,100,124)(H,101,125)(H,102,122)(H,103,121)(H,104,117)(H,115,116);1H4/t49-,50-,56+,61-,62-,63-,64-,65-,66-,67-,68-,69-,70-,71-,72-;/m0./s1. The Morgan fingerprint density at radius 1 is 0.561 bits per heavy atom. The lowest BCUT2D eigenvalue weighted by molar-refractivity contribution is -0.149. The summed E-state index contributed by atoms with van der Waals surface area (Å²) in [5.74, 6) is -17.1. The van der Waals surface area contributed by atoms with Gasteiger partial charge in [-0.3, -0.25) is 86.5 Å². The molecule has 132 heavy (non-hydrogen) atoms. The van der Waals surface area contributed by atoms with Gasteiger partial charge in [-0.25, -0.2) is 0 Å². The second-order valence-corrected chi connectivity index (χ2v) is 34.5. The van der Waals surface area contributed by atoms with E-state index in [-0.39, 0.29) is 96.9 Å². The molecule has 4 aliphatic rings. The Kier molecular flexibility index (Phi) is 39.6. The summed E-state index contributed by atoms with van der Waals surface area (Å²) >= 11 is 0.780. The number of aromatic amines is 2. The van der Waals surface area contributed by atoms with Crippen LogP contribution in [-0.2, 0) is 101 Å². The summed E-state index contributed by atoms with van der Waals surface area (Å²) in [7, 11) is 3.93. The average Bonchev–Trinajstić information content (AvgIpc) is 1.68. The highest BCUT2D eigenvalue weighted by Gasteiger charge is 2.47. The maximum absolute atomic E-state index is 15.6. The van der Waals surface area contributed by atoms with E-state index in [1.165, 1.54) is 65.5 Å². The SMILES string of the molecule is C.CCCC[C@H]1C(=O)N(C)[C@@H](CCCC)C(=O)N[C@@H](C)C(=O)N[C@H](C(=O)NCC(N)=O)CSCC(=O)N[C@@H](Cc2ccc(O)cc2)C(=O)N(C)[C@@H](C)C(=O)N[C@@H](CCC(=O)O)C(=O)N2CCC[C@H]2C(=O)N[C@@H](CC2=CN=CC2)C(=O)N[C@@H](CCCN)C(=O)N2C[C@H](O)C[C@H]2C(=O)N[C@@H](Cc2c[nH]c3ccccc23)C(=O)N[C@@H](CO)C(=O)N[C@@H](Cc2c[nH]c3ccccc23)C(=O)N1C. The third-order valence-electron chi connectivity index (χ3n) is 23.9. The third-order valence-corrected chi connectivity index (χ3v) is 24.9. The zero-order chi connectivity index (χ0) is 95.4. The first kappa shape index (κ1) is 105. The highest BCUT2D eigenvalue weighted by Crippen LogP contribution is 2.28. The fraction of sp³-hybridized carbons (Fsp3) is 0.533. The number of rotatable bonds is 24. The molecule has 3 aromatic carbocycles. The van der Waals surface area contributed by atoms with Crippen LogP contribution in [0, 0.1) is 0 Å². The lowest BCUT2D eigenvalue weighted by atomic mass is 10.00. The number of hydrogen-bond donors (Lipinski definition) is 18. The first-order valence-corrected chi connectivity index (χ1v) is 45.3. The first-order chi connectivity index (χ1) is 62.5. The predicted molar refractivity (Wildman–Crippen MR) is 488 cm³/mol. The number of nitrogens with zero attached hydrogens (tertiary/aromatic N) is 6. The van der Waals surface area contributed by atoms with Gasteiger partial charge in [0.1, 0.15) is 90.3 Å². The molecule has 9 rings (SSSR count). The van der Waals surface area contributed by atoms with Crippen molar-refractivity contribution in [2.75, 3.05) is 65.4 Å². The molecule has 0 saturated carbocycles. The van der Waals surface area contributed by atoms with Gasteiger partial charge in [-0.2, -0.15) is 0 Å². The molecular formula is C90H126N20O21S. The van der Waals surface area contributed by atoms with Crippen molar-refractivity contribution in [3.63, 3.8) is 0 Å². The number of likely N-dealkylation sites (N-methyl/N-ethyl adjacent to an activating group) is 3. The van der Waals surface area contributed by atoms with Gasteiger partial charge in [0, 0.05) is 125 Å². The number of phenolic OH excluding ortho intramolecular Hbond substituents is 1. The fourth-order valence-electron chi connectivity index (χ4n) is 16.3. The van der Waals surface area contributed by atoms with E-state index in [9.17, 15) is 68.4 Å². The van der Waals surface area contributed by atoms with Gasteiger partial charge in [-0.1, -0.05) is 95.5 Å². The van der Waals surface area contributed by atoms with Crippen LogP contribution in [0.3, 0.4) is 0 Å². The summed E-state index contributed by atoms with van der Waals surface area (Å²) in [6, 6.07) is -1.72. The second kappa shape index (κ2) is 50.0. The molecule has 16 amide bonds. The maximum atomic E-state index is 15.6. The summed E-state index contributed by atoms with van der Waals surface area (Å²) in [5.41, 5.74) is 14.7. The number of thioether (sulfide) groups is 1. The molecule has 3 saturated heterocycles. The Morgan fingerprint density at radius 3 is 1.70 bits per heavy atom. The molecule has 20 N–H and O–H groups in total. The van der Waals surface area contributed by atoms with Crippen molar-refractivity contribution in [1.29, 1.82) is 0 Å². The van der Waals surface area contributed by atoms with Crippen LogP contribution in [0.5, 0.6) is 5.75 Å². The number of aromatic nitrogens is 2. The molecule has 42 heteroatoms. The zero-order valence-electron chi connectivity index (χ0n) is 74.6. The van der Waals surface area contributed by atoms with Crippen LogP contribution in [0.1, 0.15) is 148 Å². The van der Waals surface area contributed by atoms with E-state index in [4.69, 9.17) is 11.5 Å². The Morgan fingerprint density at radius 2 is 1.10 bits per heavy atom. The highest BCUT2D eigenvalue weighted by atomic mass is 32.2. The number of carbonyl (C=O) groups is 17. The minimum Gasteiger partial charge on any atom is -0.508 e. The van der Waals surface area contributed by atoms with Gasteiger partial charge in [0.2, 0.25) is 94.5 Å². The van der Waals surface area contributed by atoms with Gasteiger partial charge in [-0.15, -0.1) is 11.8 Å². The Hall–Kier alpha value is -12.8. The summed E-state index contributed by atoms with van der Waals surface area (Å²) in [6.07, 6.45) is 4.40. The number of nitrogens with one attached hydrogen (secondary N) is 12. The summed E-state index contributed by atoms with van der Waals surface area (Å²) < 4.78 is 0. The van der Waals surface area contributed by atoms with Crippen molar-refractivity contribution in [2.24, 2.45) is 16.5 Å². The van der Waals surface area contributed by atoms with Crippen LogP contribution >= 0.6 is 11.8 Å². The monoisotopic (exact) mass is 1850 g/mol. The van der Waals surface area contributed by atoms with Gasteiger partial charge < -0.3 is 120 Å². The van der Waals surface area contributed by atoms with Crippen molar-refractivity contribution < 1.29 is 102 Å².